The molecule has 0 heterocycles. The maximum atomic E-state index is 3.44. The van der Waals surface area contributed by atoms with Gasteiger partial charge in [0.15, 0.2) is 0 Å². The van der Waals surface area contributed by atoms with Gasteiger partial charge in [-0.05, 0) is 31.2 Å². The van der Waals surface area contributed by atoms with Crippen molar-refractivity contribution in [3.05, 3.63) is 12.2 Å². The van der Waals surface area contributed by atoms with E-state index in [1.165, 1.54) is 32.1 Å². The Labute approximate surface area is 89.0 Å². The summed E-state index contributed by atoms with van der Waals surface area (Å²) in [5, 5.41) is 3.44. The third-order valence-corrected chi connectivity index (χ3v) is 2.87. The first kappa shape index (κ1) is 11.8. The smallest absolute Gasteiger partial charge is 0.0135 e. The Kier molecular flexibility index (Phi) is 5.93. The van der Waals surface area contributed by atoms with Crippen LogP contribution in [0.25, 0.3) is 0 Å². The van der Waals surface area contributed by atoms with Gasteiger partial charge in [0.25, 0.3) is 0 Å². The lowest BCUT2D eigenvalue weighted by Gasteiger charge is -2.17. The number of allylic oxidation sites excluding steroid dienone is 1. The Bertz CT molecular complexity index is 155. The molecule has 0 saturated heterocycles. The molecular formula is C13H25N. The summed E-state index contributed by atoms with van der Waals surface area (Å²) in [6.07, 6.45) is 11.9. The van der Waals surface area contributed by atoms with Gasteiger partial charge in [-0.1, -0.05) is 45.3 Å². The number of hydrogen-bond donors (Lipinski definition) is 1. The van der Waals surface area contributed by atoms with Gasteiger partial charge in [0.05, 0.1) is 0 Å². The fourth-order valence-electron chi connectivity index (χ4n) is 2.04. The lowest BCUT2D eigenvalue weighted by molar-refractivity contribution is 0.418. The van der Waals surface area contributed by atoms with Gasteiger partial charge in [-0.3, -0.25) is 0 Å². The molecule has 1 N–H and O–H groups in total. The standard InChI is InChI=1S/C13H25N/c1-12(2)11-14-10-6-9-13-7-4-3-5-8-13/h6,9,12-14H,3-5,7-8,10-11H2,1-2H3. The Balaban J connectivity index is 2.01. The van der Waals surface area contributed by atoms with Crippen LogP contribution in [0.4, 0.5) is 0 Å². The highest BCUT2D eigenvalue weighted by atomic mass is 14.8. The minimum Gasteiger partial charge on any atom is -0.313 e. The lowest BCUT2D eigenvalue weighted by atomic mass is 9.89. The summed E-state index contributed by atoms with van der Waals surface area (Å²) in [6.45, 7) is 6.68. The third-order valence-electron chi connectivity index (χ3n) is 2.87. The Morgan fingerprint density at radius 1 is 1.21 bits per heavy atom. The molecule has 0 amide bonds. The van der Waals surface area contributed by atoms with Crippen molar-refractivity contribution in [3.63, 3.8) is 0 Å². The summed E-state index contributed by atoms with van der Waals surface area (Å²) in [4.78, 5) is 0. The lowest BCUT2D eigenvalue weighted by Crippen LogP contribution is -2.19. The van der Waals surface area contributed by atoms with E-state index >= 15 is 0 Å². The van der Waals surface area contributed by atoms with E-state index in [0.717, 1.165) is 24.9 Å². The molecular weight excluding hydrogens is 170 g/mol. The first-order valence-corrected chi connectivity index (χ1v) is 6.16. The van der Waals surface area contributed by atoms with Crippen LogP contribution in [-0.4, -0.2) is 13.1 Å². The molecule has 0 aromatic rings. The molecule has 1 fully saturated rings. The molecule has 1 heteroatoms. The molecule has 0 spiro atoms. The van der Waals surface area contributed by atoms with E-state index < -0.39 is 0 Å². The summed E-state index contributed by atoms with van der Waals surface area (Å²) in [7, 11) is 0. The summed E-state index contributed by atoms with van der Waals surface area (Å²) in [5.41, 5.74) is 0. The molecule has 0 bridgehead atoms. The van der Waals surface area contributed by atoms with Gasteiger partial charge in [0, 0.05) is 6.54 Å². The van der Waals surface area contributed by atoms with Gasteiger partial charge in [-0.2, -0.15) is 0 Å². The van der Waals surface area contributed by atoms with Crippen molar-refractivity contribution in [3.8, 4) is 0 Å². The summed E-state index contributed by atoms with van der Waals surface area (Å²) < 4.78 is 0. The van der Waals surface area contributed by atoms with Gasteiger partial charge in [-0.15, -0.1) is 0 Å². The molecule has 1 saturated carbocycles. The highest BCUT2D eigenvalue weighted by molar-refractivity contribution is 4.91. The van der Waals surface area contributed by atoms with Crippen molar-refractivity contribution in [1.82, 2.24) is 5.32 Å². The zero-order chi connectivity index (χ0) is 10.2. The third kappa shape index (κ3) is 5.43. The highest BCUT2D eigenvalue weighted by Gasteiger charge is 2.08. The van der Waals surface area contributed by atoms with Crippen LogP contribution in [0, 0.1) is 11.8 Å². The second kappa shape index (κ2) is 7.05. The normalized spacial score (nSPS) is 19.6. The van der Waals surface area contributed by atoms with Crippen LogP contribution in [0.2, 0.25) is 0 Å². The SMILES string of the molecule is CC(C)CNCC=CC1CCCCC1. The number of rotatable bonds is 5. The maximum absolute atomic E-state index is 3.44. The summed E-state index contributed by atoms with van der Waals surface area (Å²) in [5.74, 6) is 1.64. The fourth-order valence-corrected chi connectivity index (χ4v) is 2.04. The zero-order valence-electron chi connectivity index (χ0n) is 9.76. The largest absolute Gasteiger partial charge is 0.313 e. The first-order valence-electron chi connectivity index (χ1n) is 6.16. The van der Waals surface area contributed by atoms with Crippen LogP contribution < -0.4 is 5.32 Å². The molecule has 0 radical (unpaired) electrons. The number of hydrogen-bond acceptors (Lipinski definition) is 1. The molecule has 1 nitrogen and oxygen atoms in total. The molecule has 0 aliphatic heterocycles. The van der Waals surface area contributed by atoms with E-state index in [2.05, 4.69) is 31.3 Å². The second-order valence-corrected chi connectivity index (χ2v) is 4.88. The average molecular weight is 195 g/mol. The van der Waals surface area contributed by atoms with Crippen molar-refractivity contribution in [2.45, 2.75) is 46.0 Å². The van der Waals surface area contributed by atoms with Crippen LogP contribution in [0.1, 0.15) is 46.0 Å². The Morgan fingerprint density at radius 3 is 2.57 bits per heavy atom. The van der Waals surface area contributed by atoms with Crippen LogP contribution in [0.3, 0.4) is 0 Å². The summed E-state index contributed by atoms with van der Waals surface area (Å²) in [6, 6.07) is 0. The summed E-state index contributed by atoms with van der Waals surface area (Å²) >= 11 is 0. The molecule has 0 aromatic carbocycles. The predicted molar refractivity (Wildman–Crippen MR) is 63.4 cm³/mol. The number of nitrogens with one attached hydrogen (secondary N) is 1. The minimum atomic E-state index is 0.762. The highest BCUT2D eigenvalue weighted by Crippen LogP contribution is 2.24. The van der Waals surface area contributed by atoms with Gasteiger partial charge < -0.3 is 5.32 Å². The van der Waals surface area contributed by atoms with Crippen LogP contribution in [0.5, 0.6) is 0 Å². The van der Waals surface area contributed by atoms with Crippen LogP contribution in [-0.2, 0) is 0 Å². The van der Waals surface area contributed by atoms with E-state index in [-0.39, 0.29) is 0 Å². The minimum absolute atomic E-state index is 0.762. The monoisotopic (exact) mass is 195 g/mol. The fraction of sp³-hybridized carbons (Fsp3) is 0.846. The molecule has 1 aliphatic carbocycles. The van der Waals surface area contributed by atoms with Crippen molar-refractivity contribution < 1.29 is 0 Å². The van der Waals surface area contributed by atoms with Crippen LogP contribution >= 0.6 is 0 Å². The molecule has 82 valence electrons. The first-order chi connectivity index (χ1) is 6.79. The Hall–Kier alpha value is -0.300. The van der Waals surface area contributed by atoms with Crippen molar-refractivity contribution >= 4 is 0 Å². The van der Waals surface area contributed by atoms with Gasteiger partial charge in [0.2, 0.25) is 0 Å². The molecule has 14 heavy (non-hydrogen) atoms. The molecule has 0 aromatic heterocycles. The van der Waals surface area contributed by atoms with Gasteiger partial charge in [0.1, 0.15) is 0 Å². The van der Waals surface area contributed by atoms with Crippen LogP contribution in [0.15, 0.2) is 12.2 Å². The van der Waals surface area contributed by atoms with Crippen molar-refractivity contribution in [2.75, 3.05) is 13.1 Å². The zero-order valence-corrected chi connectivity index (χ0v) is 9.76. The van der Waals surface area contributed by atoms with E-state index in [1.54, 1.807) is 0 Å². The average Bonchev–Trinajstić information content (AvgIpc) is 2.18. The van der Waals surface area contributed by atoms with E-state index in [1.807, 2.05) is 0 Å². The van der Waals surface area contributed by atoms with Gasteiger partial charge >= 0.3 is 0 Å². The van der Waals surface area contributed by atoms with E-state index in [9.17, 15) is 0 Å². The molecule has 0 atom stereocenters. The quantitative estimate of drug-likeness (QED) is 0.524. The second-order valence-electron chi connectivity index (χ2n) is 4.88. The maximum Gasteiger partial charge on any atom is 0.0135 e. The Morgan fingerprint density at radius 2 is 1.93 bits per heavy atom. The van der Waals surface area contributed by atoms with Crippen molar-refractivity contribution in [2.24, 2.45) is 11.8 Å². The van der Waals surface area contributed by atoms with E-state index in [4.69, 9.17) is 0 Å². The van der Waals surface area contributed by atoms with E-state index in [0.29, 0.717) is 0 Å². The van der Waals surface area contributed by atoms with Crippen molar-refractivity contribution in [1.29, 1.82) is 0 Å². The topological polar surface area (TPSA) is 12.0 Å². The molecule has 1 aliphatic rings. The predicted octanol–water partition coefficient (Wildman–Crippen LogP) is 3.37. The molecule has 0 unspecified atom stereocenters. The van der Waals surface area contributed by atoms with Gasteiger partial charge in [-0.25, -0.2) is 0 Å². The molecule has 1 rings (SSSR count).